The van der Waals surface area contributed by atoms with Gasteiger partial charge in [-0.15, -0.1) is 0 Å². The van der Waals surface area contributed by atoms with E-state index in [1.807, 2.05) is 56.4 Å². The van der Waals surface area contributed by atoms with Crippen LogP contribution in [0.1, 0.15) is 23.7 Å². The van der Waals surface area contributed by atoms with Crippen LogP contribution >= 0.6 is 0 Å². The molecule has 0 fully saturated rings. The number of aryl methyl sites for hydroxylation is 3. The first-order valence-electron chi connectivity index (χ1n) is 7.54. The van der Waals surface area contributed by atoms with Crippen molar-refractivity contribution in [3.63, 3.8) is 0 Å². The third kappa shape index (κ3) is 4.43. The Bertz CT molecular complexity index is 631. The molecule has 1 aromatic carbocycles. The number of nitrogens with zero attached hydrogens (tertiary/aromatic N) is 3. The highest BCUT2D eigenvalue weighted by atomic mass is 16.2. The van der Waals surface area contributed by atoms with E-state index in [4.69, 9.17) is 0 Å². The Hall–Kier alpha value is -2.14. The first-order valence-corrected chi connectivity index (χ1v) is 7.54. The van der Waals surface area contributed by atoms with Crippen LogP contribution in [-0.2, 0) is 24.8 Å². The van der Waals surface area contributed by atoms with Gasteiger partial charge in [-0.05, 0) is 38.1 Å². The lowest BCUT2D eigenvalue weighted by atomic mass is 10.1. The van der Waals surface area contributed by atoms with Crippen molar-refractivity contribution >= 4 is 11.6 Å². The summed E-state index contributed by atoms with van der Waals surface area (Å²) in [4.78, 5) is 14.1. The van der Waals surface area contributed by atoms with E-state index in [1.165, 1.54) is 5.56 Å². The molecule has 5 nitrogen and oxygen atoms in total. The highest BCUT2D eigenvalue weighted by Gasteiger charge is 2.10. The molecule has 1 heterocycles. The van der Waals surface area contributed by atoms with Crippen LogP contribution in [0.15, 0.2) is 30.5 Å². The summed E-state index contributed by atoms with van der Waals surface area (Å²) in [7, 11) is 3.84. The minimum atomic E-state index is -0.00621. The van der Waals surface area contributed by atoms with Gasteiger partial charge in [0.1, 0.15) is 0 Å². The molecule has 0 atom stereocenters. The van der Waals surface area contributed by atoms with E-state index >= 15 is 0 Å². The van der Waals surface area contributed by atoms with Crippen LogP contribution in [0.4, 0.5) is 5.69 Å². The minimum absolute atomic E-state index is 0.00621. The van der Waals surface area contributed by atoms with Crippen molar-refractivity contribution in [2.75, 3.05) is 18.9 Å². The summed E-state index contributed by atoms with van der Waals surface area (Å²) in [5.41, 5.74) is 4.25. The normalized spacial score (nSPS) is 11.0. The molecular formula is C17H24N4O. The standard InChI is InChI=1S/C17H24N4O/c1-5-14-6-8-16(9-7-14)18-17(22)12-20(3)10-15-11-21(4)19-13(15)2/h6-9,11H,5,10,12H2,1-4H3,(H,18,22). The lowest BCUT2D eigenvalue weighted by Gasteiger charge is -2.16. The first-order chi connectivity index (χ1) is 10.5. The van der Waals surface area contributed by atoms with Crippen molar-refractivity contribution in [2.45, 2.75) is 26.8 Å². The molecule has 0 saturated carbocycles. The van der Waals surface area contributed by atoms with Crippen LogP contribution in [0.3, 0.4) is 0 Å². The Labute approximate surface area is 131 Å². The summed E-state index contributed by atoms with van der Waals surface area (Å²) in [6.45, 7) is 5.16. The molecule has 0 unspecified atom stereocenters. The van der Waals surface area contributed by atoms with E-state index in [0.717, 1.165) is 23.4 Å². The maximum atomic E-state index is 12.1. The van der Waals surface area contributed by atoms with Crippen molar-refractivity contribution in [2.24, 2.45) is 7.05 Å². The zero-order chi connectivity index (χ0) is 16.1. The van der Waals surface area contributed by atoms with Gasteiger partial charge in [-0.1, -0.05) is 19.1 Å². The summed E-state index contributed by atoms with van der Waals surface area (Å²) in [6, 6.07) is 7.97. The fourth-order valence-corrected chi connectivity index (χ4v) is 2.42. The number of aromatic nitrogens is 2. The highest BCUT2D eigenvalue weighted by molar-refractivity contribution is 5.92. The lowest BCUT2D eigenvalue weighted by molar-refractivity contribution is -0.117. The number of amides is 1. The van der Waals surface area contributed by atoms with Gasteiger partial charge < -0.3 is 5.32 Å². The molecule has 118 valence electrons. The Balaban J connectivity index is 1.86. The van der Waals surface area contributed by atoms with E-state index in [0.29, 0.717) is 13.1 Å². The fourth-order valence-electron chi connectivity index (χ4n) is 2.42. The van der Waals surface area contributed by atoms with E-state index in [2.05, 4.69) is 17.3 Å². The van der Waals surface area contributed by atoms with Gasteiger partial charge in [-0.3, -0.25) is 14.4 Å². The lowest BCUT2D eigenvalue weighted by Crippen LogP contribution is -2.29. The van der Waals surface area contributed by atoms with Crippen LogP contribution < -0.4 is 5.32 Å². The van der Waals surface area contributed by atoms with Gasteiger partial charge in [0, 0.05) is 31.0 Å². The van der Waals surface area contributed by atoms with Crippen molar-refractivity contribution in [1.82, 2.24) is 14.7 Å². The largest absolute Gasteiger partial charge is 0.325 e. The minimum Gasteiger partial charge on any atom is -0.325 e. The number of hydrogen-bond acceptors (Lipinski definition) is 3. The molecule has 0 aliphatic heterocycles. The van der Waals surface area contributed by atoms with Crippen molar-refractivity contribution < 1.29 is 4.79 Å². The number of carbonyl (C=O) groups excluding carboxylic acids is 1. The van der Waals surface area contributed by atoms with Gasteiger partial charge in [0.05, 0.1) is 12.2 Å². The quantitative estimate of drug-likeness (QED) is 0.891. The van der Waals surface area contributed by atoms with Crippen molar-refractivity contribution in [3.8, 4) is 0 Å². The van der Waals surface area contributed by atoms with Crippen LogP contribution in [0, 0.1) is 6.92 Å². The first kappa shape index (κ1) is 16.2. The van der Waals surface area contributed by atoms with E-state index in [-0.39, 0.29) is 5.91 Å². The second-order valence-corrected chi connectivity index (χ2v) is 5.68. The zero-order valence-corrected chi connectivity index (χ0v) is 13.8. The SMILES string of the molecule is CCc1ccc(NC(=O)CN(C)Cc2cn(C)nc2C)cc1. The van der Waals surface area contributed by atoms with Gasteiger partial charge in [0.15, 0.2) is 0 Å². The molecule has 22 heavy (non-hydrogen) atoms. The number of likely N-dealkylation sites (N-methyl/N-ethyl adjacent to an activating group) is 1. The summed E-state index contributed by atoms with van der Waals surface area (Å²) in [5, 5.41) is 7.25. The Kier molecular flexibility index (Phi) is 5.33. The number of carbonyl (C=O) groups is 1. The monoisotopic (exact) mass is 300 g/mol. The Morgan fingerprint density at radius 1 is 1.32 bits per heavy atom. The summed E-state index contributed by atoms with van der Waals surface area (Å²) >= 11 is 0. The maximum absolute atomic E-state index is 12.1. The van der Waals surface area contributed by atoms with Crippen LogP contribution in [0.2, 0.25) is 0 Å². The number of anilines is 1. The number of rotatable bonds is 6. The van der Waals surface area contributed by atoms with E-state index in [1.54, 1.807) is 4.68 Å². The summed E-state index contributed by atoms with van der Waals surface area (Å²) in [5.74, 6) is -0.00621. The highest BCUT2D eigenvalue weighted by Crippen LogP contribution is 2.11. The number of hydrogen-bond donors (Lipinski definition) is 1. The van der Waals surface area contributed by atoms with Gasteiger partial charge in [-0.2, -0.15) is 5.10 Å². The van der Waals surface area contributed by atoms with Crippen LogP contribution in [0.5, 0.6) is 0 Å². The third-order valence-electron chi connectivity index (χ3n) is 3.61. The Morgan fingerprint density at radius 3 is 2.55 bits per heavy atom. The molecule has 0 saturated heterocycles. The molecule has 0 aliphatic carbocycles. The van der Waals surface area contributed by atoms with Crippen molar-refractivity contribution in [3.05, 3.63) is 47.3 Å². The van der Waals surface area contributed by atoms with E-state index < -0.39 is 0 Å². The van der Waals surface area contributed by atoms with E-state index in [9.17, 15) is 4.79 Å². The Morgan fingerprint density at radius 2 is 2.00 bits per heavy atom. The molecule has 0 bridgehead atoms. The molecule has 1 amide bonds. The average molecular weight is 300 g/mol. The van der Waals surface area contributed by atoms with Gasteiger partial charge >= 0.3 is 0 Å². The molecule has 2 rings (SSSR count). The second kappa shape index (κ2) is 7.22. The average Bonchev–Trinajstić information content (AvgIpc) is 2.77. The number of nitrogens with one attached hydrogen (secondary N) is 1. The topological polar surface area (TPSA) is 50.2 Å². The predicted octanol–water partition coefficient (Wildman–Crippen LogP) is 2.36. The molecule has 5 heteroatoms. The van der Waals surface area contributed by atoms with Crippen molar-refractivity contribution in [1.29, 1.82) is 0 Å². The molecular weight excluding hydrogens is 276 g/mol. The smallest absolute Gasteiger partial charge is 0.238 e. The molecule has 2 aromatic rings. The zero-order valence-electron chi connectivity index (χ0n) is 13.8. The second-order valence-electron chi connectivity index (χ2n) is 5.68. The number of benzene rings is 1. The molecule has 0 aliphatic rings. The fraction of sp³-hybridized carbons (Fsp3) is 0.412. The van der Waals surface area contributed by atoms with Gasteiger partial charge in [0.25, 0.3) is 0 Å². The molecule has 1 aromatic heterocycles. The molecule has 0 radical (unpaired) electrons. The third-order valence-corrected chi connectivity index (χ3v) is 3.61. The van der Waals surface area contributed by atoms with Gasteiger partial charge in [-0.25, -0.2) is 0 Å². The van der Waals surface area contributed by atoms with Crippen LogP contribution in [-0.4, -0.2) is 34.2 Å². The maximum Gasteiger partial charge on any atom is 0.238 e. The summed E-state index contributed by atoms with van der Waals surface area (Å²) < 4.78 is 1.80. The predicted molar refractivity (Wildman–Crippen MR) is 88.7 cm³/mol. The molecule has 0 spiro atoms. The molecule has 1 N–H and O–H groups in total. The van der Waals surface area contributed by atoms with Crippen LogP contribution in [0.25, 0.3) is 0 Å². The van der Waals surface area contributed by atoms with Gasteiger partial charge in [0.2, 0.25) is 5.91 Å². The summed E-state index contributed by atoms with van der Waals surface area (Å²) in [6.07, 6.45) is 2.99.